The number of amides is 2. The fraction of sp³-hybridized carbons (Fsp3) is 0.636. The van der Waals surface area contributed by atoms with Gasteiger partial charge in [-0.25, -0.2) is 0 Å². The summed E-state index contributed by atoms with van der Waals surface area (Å²) in [6, 6.07) is 0. The number of hydrogen-bond donors (Lipinski definition) is 1. The van der Waals surface area contributed by atoms with Crippen molar-refractivity contribution in [2.75, 3.05) is 39.8 Å². The van der Waals surface area contributed by atoms with Crippen LogP contribution in [0.4, 0.5) is 0 Å². The van der Waals surface area contributed by atoms with E-state index in [-0.39, 0.29) is 11.8 Å². The minimum Gasteiger partial charge on any atom is -0.353 e. The van der Waals surface area contributed by atoms with E-state index < -0.39 is 0 Å². The van der Waals surface area contributed by atoms with Gasteiger partial charge in [-0.15, -0.1) is 0 Å². The SMILES string of the molecule is CCNC(=O)/C=C/CN1CCN(C)CC1=O. The fourth-order valence-corrected chi connectivity index (χ4v) is 1.54. The third kappa shape index (κ3) is 4.02. The molecule has 1 heterocycles. The van der Waals surface area contributed by atoms with E-state index in [0.29, 0.717) is 19.6 Å². The molecule has 1 rings (SSSR count). The molecule has 0 aliphatic carbocycles. The molecule has 0 aromatic heterocycles. The Balaban J connectivity index is 2.32. The zero-order valence-corrected chi connectivity index (χ0v) is 9.90. The fourth-order valence-electron chi connectivity index (χ4n) is 1.54. The summed E-state index contributed by atoms with van der Waals surface area (Å²) in [5.41, 5.74) is 0. The molecule has 0 radical (unpaired) electrons. The zero-order valence-electron chi connectivity index (χ0n) is 9.90. The Morgan fingerprint density at radius 2 is 2.25 bits per heavy atom. The molecule has 0 bridgehead atoms. The van der Waals surface area contributed by atoms with Crippen LogP contribution in [0.15, 0.2) is 12.2 Å². The third-order valence-corrected chi connectivity index (χ3v) is 2.46. The summed E-state index contributed by atoms with van der Waals surface area (Å²) in [6.45, 7) is 5.10. The van der Waals surface area contributed by atoms with Crippen LogP contribution in [0.5, 0.6) is 0 Å². The largest absolute Gasteiger partial charge is 0.353 e. The predicted octanol–water partition coefficient (Wildman–Crippen LogP) is -0.547. The molecule has 5 nitrogen and oxygen atoms in total. The van der Waals surface area contributed by atoms with Gasteiger partial charge < -0.3 is 10.2 Å². The van der Waals surface area contributed by atoms with Gasteiger partial charge in [0.1, 0.15) is 0 Å². The van der Waals surface area contributed by atoms with Gasteiger partial charge in [-0.05, 0) is 14.0 Å². The van der Waals surface area contributed by atoms with Crippen LogP contribution in [0.2, 0.25) is 0 Å². The Morgan fingerprint density at radius 1 is 1.50 bits per heavy atom. The number of hydrogen-bond acceptors (Lipinski definition) is 3. The molecule has 0 atom stereocenters. The first-order valence-corrected chi connectivity index (χ1v) is 5.54. The normalized spacial score (nSPS) is 18.1. The second-order valence-corrected chi connectivity index (χ2v) is 3.87. The molecule has 2 amide bonds. The molecule has 90 valence electrons. The Bertz CT molecular complexity index is 289. The van der Waals surface area contributed by atoms with Gasteiger partial charge in [0.2, 0.25) is 11.8 Å². The Morgan fingerprint density at radius 3 is 2.88 bits per heavy atom. The molecule has 1 N–H and O–H groups in total. The van der Waals surface area contributed by atoms with Crippen LogP contribution in [0.3, 0.4) is 0 Å². The summed E-state index contributed by atoms with van der Waals surface area (Å²) < 4.78 is 0. The van der Waals surface area contributed by atoms with Gasteiger partial charge in [-0.3, -0.25) is 14.5 Å². The lowest BCUT2D eigenvalue weighted by Gasteiger charge is -2.31. The predicted molar refractivity (Wildman–Crippen MR) is 61.9 cm³/mol. The minimum atomic E-state index is -0.107. The van der Waals surface area contributed by atoms with Gasteiger partial charge in [0.05, 0.1) is 6.54 Å². The molecule has 0 aromatic carbocycles. The number of likely N-dealkylation sites (N-methyl/N-ethyl adjacent to an activating group) is 2. The molecule has 0 unspecified atom stereocenters. The highest BCUT2D eigenvalue weighted by molar-refractivity contribution is 5.87. The molecule has 1 aliphatic rings. The monoisotopic (exact) mass is 225 g/mol. The highest BCUT2D eigenvalue weighted by atomic mass is 16.2. The first-order valence-electron chi connectivity index (χ1n) is 5.54. The Kier molecular flexibility index (Phi) is 4.98. The third-order valence-electron chi connectivity index (χ3n) is 2.46. The van der Waals surface area contributed by atoms with Crippen molar-refractivity contribution >= 4 is 11.8 Å². The standard InChI is InChI=1S/C11H19N3O2/c1-3-12-10(15)5-4-6-14-8-7-13(2)9-11(14)16/h4-5H,3,6-9H2,1-2H3,(H,12,15)/b5-4+. The molecule has 0 aromatic rings. The molecule has 0 saturated carbocycles. The van der Waals surface area contributed by atoms with E-state index in [1.54, 1.807) is 11.0 Å². The lowest BCUT2D eigenvalue weighted by Crippen LogP contribution is -2.48. The maximum Gasteiger partial charge on any atom is 0.243 e. The van der Waals surface area contributed by atoms with Gasteiger partial charge in [0.25, 0.3) is 0 Å². The number of nitrogens with zero attached hydrogens (tertiary/aromatic N) is 2. The highest BCUT2D eigenvalue weighted by Crippen LogP contribution is 2.00. The first-order chi connectivity index (χ1) is 7.63. The molecule has 16 heavy (non-hydrogen) atoms. The number of carbonyl (C=O) groups excluding carboxylic acids is 2. The maximum absolute atomic E-state index is 11.6. The van der Waals surface area contributed by atoms with E-state index >= 15 is 0 Å². The molecular weight excluding hydrogens is 206 g/mol. The van der Waals surface area contributed by atoms with E-state index in [9.17, 15) is 9.59 Å². The summed E-state index contributed by atoms with van der Waals surface area (Å²) in [6.07, 6.45) is 3.21. The highest BCUT2D eigenvalue weighted by Gasteiger charge is 2.19. The first kappa shape index (κ1) is 12.7. The molecule has 5 heteroatoms. The van der Waals surface area contributed by atoms with Crippen LogP contribution in [0.25, 0.3) is 0 Å². The van der Waals surface area contributed by atoms with E-state index in [1.165, 1.54) is 6.08 Å². The number of carbonyl (C=O) groups is 2. The van der Waals surface area contributed by atoms with Crippen LogP contribution in [-0.4, -0.2) is 61.4 Å². The molecule has 0 spiro atoms. The van der Waals surface area contributed by atoms with Gasteiger partial charge >= 0.3 is 0 Å². The van der Waals surface area contributed by atoms with Gasteiger partial charge in [0.15, 0.2) is 0 Å². The van der Waals surface area contributed by atoms with Crippen molar-refractivity contribution in [2.24, 2.45) is 0 Å². The van der Waals surface area contributed by atoms with Crippen LogP contribution in [0, 0.1) is 0 Å². The van der Waals surface area contributed by atoms with Crippen molar-refractivity contribution in [1.29, 1.82) is 0 Å². The van der Waals surface area contributed by atoms with Gasteiger partial charge in [-0.1, -0.05) is 6.08 Å². The second-order valence-electron chi connectivity index (χ2n) is 3.87. The smallest absolute Gasteiger partial charge is 0.243 e. The quantitative estimate of drug-likeness (QED) is 0.653. The van der Waals surface area contributed by atoms with E-state index in [0.717, 1.165) is 13.1 Å². The Hall–Kier alpha value is -1.36. The van der Waals surface area contributed by atoms with Crippen molar-refractivity contribution in [1.82, 2.24) is 15.1 Å². The lowest BCUT2D eigenvalue weighted by molar-refractivity contribution is -0.134. The van der Waals surface area contributed by atoms with Crippen LogP contribution in [0.1, 0.15) is 6.92 Å². The van der Waals surface area contributed by atoms with E-state index in [1.807, 2.05) is 18.9 Å². The van der Waals surface area contributed by atoms with Crippen LogP contribution in [-0.2, 0) is 9.59 Å². The maximum atomic E-state index is 11.6. The summed E-state index contributed by atoms with van der Waals surface area (Å²) >= 11 is 0. The van der Waals surface area contributed by atoms with Crippen LogP contribution >= 0.6 is 0 Å². The van der Waals surface area contributed by atoms with Crippen molar-refractivity contribution < 1.29 is 9.59 Å². The summed E-state index contributed by atoms with van der Waals surface area (Å²) in [7, 11) is 1.93. The molecule has 1 fully saturated rings. The minimum absolute atomic E-state index is 0.107. The summed E-state index contributed by atoms with van der Waals surface area (Å²) in [4.78, 5) is 26.4. The van der Waals surface area contributed by atoms with E-state index in [2.05, 4.69) is 5.32 Å². The van der Waals surface area contributed by atoms with E-state index in [4.69, 9.17) is 0 Å². The average Bonchev–Trinajstić information content (AvgIpc) is 2.22. The number of rotatable bonds is 4. The van der Waals surface area contributed by atoms with Crippen LogP contribution < -0.4 is 5.32 Å². The van der Waals surface area contributed by atoms with Crippen molar-refractivity contribution in [2.45, 2.75) is 6.92 Å². The van der Waals surface area contributed by atoms with Crippen molar-refractivity contribution in [3.63, 3.8) is 0 Å². The second kappa shape index (κ2) is 6.27. The summed E-state index contributed by atoms with van der Waals surface area (Å²) in [5.74, 6) is 0.0124. The van der Waals surface area contributed by atoms with Gasteiger partial charge in [-0.2, -0.15) is 0 Å². The zero-order chi connectivity index (χ0) is 12.0. The molecule has 1 saturated heterocycles. The average molecular weight is 225 g/mol. The molecular formula is C11H19N3O2. The number of nitrogens with one attached hydrogen (secondary N) is 1. The van der Waals surface area contributed by atoms with Gasteiger partial charge in [0, 0.05) is 32.3 Å². The Labute approximate surface area is 96.1 Å². The summed E-state index contributed by atoms with van der Waals surface area (Å²) in [5, 5.41) is 2.66. The van der Waals surface area contributed by atoms with Crippen molar-refractivity contribution in [3.05, 3.63) is 12.2 Å². The number of piperazine rings is 1. The van der Waals surface area contributed by atoms with Crippen molar-refractivity contribution in [3.8, 4) is 0 Å². The molecule has 1 aliphatic heterocycles. The lowest BCUT2D eigenvalue weighted by atomic mass is 10.3. The topological polar surface area (TPSA) is 52.7 Å².